The second kappa shape index (κ2) is 6.89. The third-order valence-electron chi connectivity index (χ3n) is 2.92. The Hall–Kier alpha value is -2.35. The molecule has 0 bridgehead atoms. The van der Waals surface area contributed by atoms with Gasteiger partial charge in [0.25, 0.3) is 0 Å². The number of methoxy groups -OCH3 is 1. The van der Waals surface area contributed by atoms with Gasteiger partial charge in [0.1, 0.15) is 17.9 Å². The van der Waals surface area contributed by atoms with Crippen molar-refractivity contribution in [1.29, 1.82) is 0 Å². The Morgan fingerprint density at radius 2 is 2.19 bits per heavy atom. The zero-order chi connectivity index (χ0) is 16.0. The number of carboxylic acids is 1. The number of aliphatic carboxylic acids is 1. The Labute approximate surface area is 121 Å². The molecule has 1 rings (SSSR count). The van der Waals surface area contributed by atoms with E-state index in [2.05, 4.69) is 5.32 Å². The van der Waals surface area contributed by atoms with Crippen LogP contribution < -0.4 is 14.8 Å². The van der Waals surface area contributed by atoms with Gasteiger partial charge in [0.05, 0.1) is 18.1 Å². The summed E-state index contributed by atoms with van der Waals surface area (Å²) in [4.78, 5) is 21.7. The maximum absolute atomic E-state index is 11.3. The summed E-state index contributed by atoms with van der Waals surface area (Å²) in [6, 6.07) is 4.11. The normalized spacial score (nSPS) is 13.3. The molecule has 0 amide bonds. The second-order valence-electron chi connectivity index (χ2n) is 4.55. The number of rotatable bonds is 8. The average molecular weight is 298 g/mol. The minimum Gasteiger partial charge on any atom is -0.496 e. The predicted molar refractivity (Wildman–Crippen MR) is 74.9 cm³/mol. The van der Waals surface area contributed by atoms with Gasteiger partial charge in [0.15, 0.2) is 5.75 Å². The van der Waals surface area contributed by atoms with Gasteiger partial charge in [-0.2, -0.15) is 0 Å². The van der Waals surface area contributed by atoms with Crippen LogP contribution in [0.1, 0.15) is 13.8 Å². The molecule has 0 aliphatic carbocycles. The number of nitrogens with one attached hydrogen (secondary N) is 1. The van der Waals surface area contributed by atoms with E-state index in [4.69, 9.17) is 9.47 Å². The third kappa shape index (κ3) is 4.06. The van der Waals surface area contributed by atoms with Crippen LogP contribution in [0, 0.1) is 10.1 Å². The number of likely N-dealkylation sites (N-methyl/N-ethyl adjacent to an activating group) is 1. The van der Waals surface area contributed by atoms with E-state index in [1.54, 1.807) is 6.92 Å². The Kier molecular flexibility index (Phi) is 5.48. The largest absolute Gasteiger partial charge is 0.496 e. The van der Waals surface area contributed by atoms with Crippen LogP contribution in [0.3, 0.4) is 0 Å². The molecule has 0 heterocycles. The zero-order valence-corrected chi connectivity index (χ0v) is 12.1. The first-order chi connectivity index (χ1) is 9.84. The van der Waals surface area contributed by atoms with E-state index < -0.39 is 16.4 Å². The number of hydrogen-bond acceptors (Lipinski definition) is 6. The zero-order valence-electron chi connectivity index (χ0n) is 12.1. The lowest BCUT2D eigenvalue weighted by Crippen LogP contribution is -2.53. The molecule has 0 radical (unpaired) electrons. The molecule has 0 aliphatic heterocycles. The Morgan fingerprint density at radius 3 is 2.67 bits per heavy atom. The summed E-state index contributed by atoms with van der Waals surface area (Å²) < 4.78 is 10.3. The van der Waals surface area contributed by atoms with E-state index in [9.17, 15) is 20.0 Å². The van der Waals surface area contributed by atoms with Gasteiger partial charge in [-0.3, -0.25) is 20.2 Å². The minimum absolute atomic E-state index is 0.00817. The molecule has 0 saturated heterocycles. The first-order valence-corrected chi connectivity index (χ1v) is 6.27. The number of hydrogen-bond donors (Lipinski definition) is 2. The fraction of sp³-hybridized carbons (Fsp3) is 0.462. The van der Waals surface area contributed by atoms with Crippen molar-refractivity contribution in [1.82, 2.24) is 5.32 Å². The van der Waals surface area contributed by atoms with E-state index in [-0.39, 0.29) is 18.0 Å². The molecule has 1 aromatic carbocycles. The highest BCUT2D eigenvalue weighted by Crippen LogP contribution is 2.31. The molecule has 8 heteroatoms. The van der Waals surface area contributed by atoms with Crippen LogP contribution >= 0.6 is 0 Å². The van der Waals surface area contributed by atoms with E-state index in [0.717, 1.165) is 0 Å². The summed E-state index contributed by atoms with van der Waals surface area (Å²) in [7, 11) is 1.40. The van der Waals surface area contributed by atoms with E-state index >= 15 is 0 Å². The van der Waals surface area contributed by atoms with Crippen molar-refractivity contribution in [3.8, 4) is 11.5 Å². The molecule has 1 aromatic rings. The van der Waals surface area contributed by atoms with Gasteiger partial charge in [-0.15, -0.1) is 0 Å². The fourth-order valence-corrected chi connectivity index (χ4v) is 1.69. The quantitative estimate of drug-likeness (QED) is 0.551. The number of carbonyl (C=O) groups is 1. The molecule has 1 unspecified atom stereocenters. The van der Waals surface area contributed by atoms with Gasteiger partial charge in [-0.05, 0) is 25.6 Å². The molecular weight excluding hydrogens is 280 g/mol. The van der Waals surface area contributed by atoms with Crippen molar-refractivity contribution < 1.29 is 24.3 Å². The summed E-state index contributed by atoms with van der Waals surface area (Å²) in [5.74, 6) is -0.784. The monoisotopic (exact) mass is 298 g/mol. The molecule has 116 valence electrons. The van der Waals surface area contributed by atoms with E-state index in [0.29, 0.717) is 12.3 Å². The van der Waals surface area contributed by atoms with Gasteiger partial charge >= 0.3 is 11.7 Å². The summed E-state index contributed by atoms with van der Waals surface area (Å²) in [6.07, 6.45) is 0. The lowest BCUT2D eigenvalue weighted by atomic mass is 10.0. The van der Waals surface area contributed by atoms with Gasteiger partial charge < -0.3 is 14.6 Å². The number of nitro benzene ring substituents is 1. The summed E-state index contributed by atoms with van der Waals surface area (Å²) in [5, 5.41) is 23.0. The van der Waals surface area contributed by atoms with Crippen molar-refractivity contribution in [2.24, 2.45) is 0 Å². The average Bonchev–Trinajstić information content (AvgIpc) is 2.45. The maximum atomic E-state index is 11.3. The SMILES string of the molecule is CCNC(C)(COc1ccc(OC)cc1[N+](=O)[O-])C(=O)O. The molecular formula is C13H18N2O6. The molecule has 0 fully saturated rings. The topological polar surface area (TPSA) is 111 Å². The number of carboxylic acid groups (broad SMARTS) is 1. The van der Waals surface area contributed by atoms with Crippen molar-refractivity contribution in [3.05, 3.63) is 28.3 Å². The van der Waals surface area contributed by atoms with Crippen LogP contribution in [0.4, 0.5) is 5.69 Å². The van der Waals surface area contributed by atoms with Crippen LogP contribution in [-0.2, 0) is 4.79 Å². The first kappa shape index (κ1) is 16.7. The van der Waals surface area contributed by atoms with Crippen molar-refractivity contribution in [2.45, 2.75) is 19.4 Å². The van der Waals surface area contributed by atoms with Crippen LogP contribution in [0.2, 0.25) is 0 Å². The van der Waals surface area contributed by atoms with Gasteiger partial charge in [0.2, 0.25) is 0 Å². The summed E-state index contributed by atoms with van der Waals surface area (Å²) in [5.41, 5.74) is -1.61. The smallest absolute Gasteiger partial charge is 0.327 e. The standard InChI is InChI=1S/C13H18N2O6/c1-4-14-13(2,12(16)17)8-21-11-6-5-9(20-3)7-10(11)15(18)19/h5-7,14H,4,8H2,1-3H3,(H,16,17). The number of nitrogens with zero attached hydrogens (tertiary/aromatic N) is 1. The second-order valence-corrected chi connectivity index (χ2v) is 4.55. The van der Waals surface area contributed by atoms with Gasteiger partial charge in [0, 0.05) is 0 Å². The fourth-order valence-electron chi connectivity index (χ4n) is 1.69. The van der Waals surface area contributed by atoms with Crippen LogP contribution in [0.5, 0.6) is 11.5 Å². The molecule has 21 heavy (non-hydrogen) atoms. The molecule has 1 atom stereocenters. The van der Waals surface area contributed by atoms with E-state index in [1.165, 1.54) is 32.2 Å². The maximum Gasteiger partial charge on any atom is 0.327 e. The predicted octanol–water partition coefficient (Wildman–Crippen LogP) is 1.44. The number of benzene rings is 1. The highest BCUT2D eigenvalue weighted by molar-refractivity contribution is 5.78. The van der Waals surface area contributed by atoms with Crippen molar-refractivity contribution in [2.75, 3.05) is 20.3 Å². The highest BCUT2D eigenvalue weighted by atomic mass is 16.6. The Bertz CT molecular complexity index is 533. The lowest BCUT2D eigenvalue weighted by molar-refractivity contribution is -0.386. The van der Waals surface area contributed by atoms with Crippen molar-refractivity contribution >= 4 is 11.7 Å². The third-order valence-corrected chi connectivity index (χ3v) is 2.92. The van der Waals surface area contributed by atoms with Gasteiger partial charge in [-0.25, -0.2) is 0 Å². The highest BCUT2D eigenvalue weighted by Gasteiger charge is 2.34. The molecule has 0 aromatic heterocycles. The van der Waals surface area contributed by atoms with Crippen LogP contribution in [-0.4, -0.2) is 41.8 Å². The Morgan fingerprint density at radius 1 is 1.52 bits per heavy atom. The molecule has 8 nitrogen and oxygen atoms in total. The lowest BCUT2D eigenvalue weighted by Gasteiger charge is -2.25. The number of nitro groups is 1. The van der Waals surface area contributed by atoms with Crippen molar-refractivity contribution in [3.63, 3.8) is 0 Å². The molecule has 2 N–H and O–H groups in total. The Balaban J connectivity index is 2.97. The molecule has 0 aliphatic rings. The summed E-state index contributed by atoms with van der Waals surface area (Å²) >= 11 is 0. The first-order valence-electron chi connectivity index (χ1n) is 6.27. The van der Waals surface area contributed by atoms with Gasteiger partial charge in [-0.1, -0.05) is 6.92 Å². The van der Waals surface area contributed by atoms with E-state index in [1.807, 2.05) is 0 Å². The molecule has 0 spiro atoms. The minimum atomic E-state index is -1.33. The van der Waals surface area contributed by atoms with Crippen LogP contribution in [0.15, 0.2) is 18.2 Å². The van der Waals surface area contributed by atoms with Crippen LogP contribution in [0.25, 0.3) is 0 Å². The molecule has 0 saturated carbocycles. The number of ether oxygens (including phenoxy) is 2. The summed E-state index contributed by atoms with van der Waals surface area (Å²) in [6.45, 7) is 3.39.